The van der Waals surface area contributed by atoms with E-state index >= 15 is 0 Å². The lowest BCUT2D eigenvalue weighted by Gasteiger charge is -2.22. The van der Waals surface area contributed by atoms with Crippen LogP contribution >= 0.6 is 11.3 Å². The number of para-hydroxylation sites is 1. The molecule has 0 radical (unpaired) electrons. The Morgan fingerprint density at radius 1 is 1.27 bits per heavy atom. The summed E-state index contributed by atoms with van der Waals surface area (Å²) in [6, 6.07) is 13.3. The Hall–Kier alpha value is -2.32. The van der Waals surface area contributed by atoms with Crippen molar-refractivity contribution >= 4 is 28.0 Å². The van der Waals surface area contributed by atoms with Gasteiger partial charge < -0.3 is 4.90 Å². The summed E-state index contributed by atoms with van der Waals surface area (Å²) >= 11 is 1.54. The van der Waals surface area contributed by atoms with Gasteiger partial charge in [-0.2, -0.15) is 0 Å². The van der Waals surface area contributed by atoms with Crippen LogP contribution < -0.4 is 0 Å². The Labute approximate surface area is 158 Å². The third-order valence-corrected chi connectivity index (χ3v) is 5.82. The molecule has 0 bridgehead atoms. The van der Waals surface area contributed by atoms with Crippen LogP contribution in [0.4, 0.5) is 0 Å². The van der Waals surface area contributed by atoms with Crippen molar-refractivity contribution in [2.24, 2.45) is 0 Å². The molecule has 2 aromatic heterocycles. The summed E-state index contributed by atoms with van der Waals surface area (Å²) in [7, 11) is 0.708. The minimum atomic E-state index is -0.981. The highest BCUT2D eigenvalue weighted by atomic mass is 32.2. The van der Waals surface area contributed by atoms with Crippen molar-refractivity contribution in [3.63, 3.8) is 0 Å². The van der Waals surface area contributed by atoms with E-state index in [1.807, 2.05) is 54.8 Å². The average Bonchev–Trinajstić information content (AvgIpc) is 3.30. The highest BCUT2D eigenvalue weighted by Crippen LogP contribution is 2.25. The molecule has 0 saturated carbocycles. The van der Waals surface area contributed by atoms with Gasteiger partial charge in [0, 0.05) is 35.9 Å². The van der Waals surface area contributed by atoms with Crippen LogP contribution in [0.1, 0.15) is 17.5 Å². The fourth-order valence-electron chi connectivity index (χ4n) is 2.53. The Balaban J connectivity index is 1.99. The molecule has 0 aliphatic rings. The Morgan fingerprint density at radius 2 is 2.00 bits per heavy atom. The molecule has 0 aliphatic heterocycles. The average molecular weight is 389 g/mol. The van der Waals surface area contributed by atoms with E-state index in [0.29, 0.717) is 11.6 Å². The maximum Gasteiger partial charge on any atom is 0.293 e. The third kappa shape index (κ3) is 3.91. The first-order chi connectivity index (χ1) is 12.5. The largest absolute Gasteiger partial charge is 0.335 e. The Bertz CT molecular complexity index is 907. The number of carbonyl (C=O) groups is 1. The number of hydrogen-bond donors (Lipinski definition) is 0. The highest BCUT2D eigenvalue weighted by Gasteiger charge is 2.25. The number of thiophene rings is 1. The van der Waals surface area contributed by atoms with Crippen molar-refractivity contribution in [3.05, 3.63) is 53.7 Å². The lowest BCUT2D eigenvalue weighted by Crippen LogP contribution is -2.38. The number of carbonyl (C=O) groups excluding carboxylic acids is 1. The monoisotopic (exact) mass is 388 g/mol. The first-order valence-electron chi connectivity index (χ1n) is 8.11. The third-order valence-electron chi connectivity index (χ3n) is 4.00. The minimum absolute atomic E-state index is 0.133. The summed E-state index contributed by atoms with van der Waals surface area (Å²) < 4.78 is 13.1. The molecule has 0 saturated heterocycles. The van der Waals surface area contributed by atoms with Gasteiger partial charge in [-0.15, -0.1) is 16.4 Å². The Morgan fingerprint density at radius 3 is 2.62 bits per heavy atom. The lowest BCUT2D eigenvalue weighted by atomic mass is 10.3. The predicted molar refractivity (Wildman–Crippen MR) is 105 cm³/mol. The molecule has 0 aliphatic carbocycles. The maximum absolute atomic E-state index is 12.8. The summed E-state index contributed by atoms with van der Waals surface area (Å²) in [5, 5.41) is 6.43. The van der Waals surface area contributed by atoms with Crippen molar-refractivity contribution in [2.75, 3.05) is 19.1 Å². The summed E-state index contributed by atoms with van der Waals surface area (Å²) in [5.41, 5.74) is 0.841. The number of aromatic nitrogens is 3. The zero-order valence-electron chi connectivity index (χ0n) is 14.8. The number of nitrogens with zero attached hydrogens (tertiary/aromatic N) is 4. The highest BCUT2D eigenvalue weighted by molar-refractivity contribution is 7.84. The van der Waals surface area contributed by atoms with Gasteiger partial charge in [0.25, 0.3) is 5.91 Å². The molecule has 6 nitrogen and oxygen atoms in total. The summed E-state index contributed by atoms with van der Waals surface area (Å²) in [6.45, 7) is 1.87. The molecule has 0 fully saturated rings. The van der Waals surface area contributed by atoms with Gasteiger partial charge in [-0.05, 0) is 30.5 Å². The fourth-order valence-corrected chi connectivity index (χ4v) is 4.13. The standard InChI is InChI=1S/C18H20N4O2S2/c1-13(12-26(3)24)21(2)18(23)16-19-17(15-10-7-11-25-15)22(20-16)14-8-5-4-6-9-14/h4-11,13H,12H2,1-3H3/t13-,26+/m0/s1. The van der Waals surface area contributed by atoms with Crippen LogP contribution in [0.25, 0.3) is 16.4 Å². The summed E-state index contributed by atoms with van der Waals surface area (Å²) in [4.78, 5) is 19.8. The zero-order chi connectivity index (χ0) is 18.7. The number of amides is 1. The van der Waals surface area contributed by atoms with E-state index in [4.69, 9.17) is 0 Å². The molecule has 0 spiro atoms. The van der Waals surface area contributed by atoms with Gasteiger partial charge in [0.2, 0.25) is 5.82 Å². The van der Waals surface area contributed by atoms with E-state index < -0.39 is 10.8 Å². The molecular weight excluding hydrogens is 368 g/mol. The molecule has 1 amide bonds. The quantitative estimate of drug-likeness (QED) is 0.651. The van der Waals surface area contributed by atoms with E-state index in [2.05, 4.69) is 10.1 Å². The van der Waals surface area contributed by atoms with Crippen LogP contribution in [0.3, 0.4) is 0 Å². The molecule has 3 aromatic rings. The van der Waals surface area contributed by atoms with E-state index in [0.717, 1.165) is 10.6 Å². The molecule has 0 N–H and O–H groups in total. The van der Waals surface area contributed by atoms with Crippen LogP contribution in [0, 0.1) is 0 Å². The molecule has 26 heavy (non-hydrogen) atoms. The smallest absolute Gasteiger partial charge is 0.293 e. The zero-order valence-corrected chi connectivity index (χ0v) is 16.5. The van der Waals surface area contributed by atoms with Crippen LogP contribution in [-0.2, 0) is 10.8 Å². The van der Waals surface area contributed by atoms with Crippen molar-refractivity contribution in [2.45, 2.75) is 13.0 Å². The van der Waals surface area contributed by atoms with E-state index in [-0.39, 0.29) is 17.8 Å². The minimum Gasteiger partial charge on any atom is -0.335 e. The van der Waals surface area contributed by atoms with Crippen LogP contribution in [0.5, 0.6) is 0 Å². The number of hydrogen-bond acceptors (Lipinski definition) is 5. The molecule has 2 heterocycles. The summed E-state index contributed by atoms with van der Waals surface area (Å²) in [6.07, 6.45) is 1.63. The molecule has 2 atom stereocenters. The van der Waals surface area contributed by atoms with Gasteiger partial charge in [0.1, 0.15) is 0 Å². The Kier molecular flexibility index (Phi) is 5.63. The van der Waals surface area contributed by atoms with Gasteiger partial charge in [-0.1, -0.05) is 24.3 Å². The second-order valence-electron chi connectivity index (χ2n) is 5.99. The van der Waals surface area contributed by atoms with E-state index in [1.165, 1.54) is 0 Å². The molecule has 3 rings (SSSR count). The van der Waals surface area contributed by atoms with Crippen LogP contribution in [0.15, 0.2) is 47.8 Å². The maximum atomic E-state index is 12.8. The van der Waals surface area contributed by atoms with Gasteiger partial charge in [0.05, 0.1) is 10.6 Å². The first-order valence-corrected chi connectivity index (χ1v) is 10.7. The molecule has 0 unspecified atom stereocenters. The first kappa shape index (κ1) is 18.5. The van der Waals surface area contributed by atoms with Gasteiger partial charge >= 0.3 is 0 Å². The normalized spacial score (nSPS) is 13.3. The van der Waals surface area contributed by atoms with Crippen LogP contribution in [-0.4, -0.2) is 54.9 Å². The summed E-state index contributed by atoms with van der Waals surface area (Å²) in [5.74, 6) is 0.901. The van der Waals surface area contributed by atoms with Crippen LogP contribution in [0.2, 0.25) is 0 Å². The van der Waals surface area contributed by atoms with E-state index in [1.54, 1.807) is 34.2 Å². The topological polar surface area (TPSA) is 68.1 Å². The van der Waals surface area contributed by atoms with Crippen molar-refractivity contribution in [3.8, 4) is 16.4 Å². The second kappa shape index (κ2) is 7.92. The number of rotatable bonds is 6. The fraction of sp³-hybridized carbons (Fsp3) is 0.278. The SMILES string of the molecule is C[C@@H](C[S@@](C)=O)N(C)C(=O)c1nc(-c2cccs2)n(-c2ccccc2)n1. The molecule has 8 heteroatoms. The number of benzene rings is 1. The van der Waals surface area contributed by atoms with E-state index in [9.17, 15) is 9.00 Å². The molecule has 136 valence electrons. The molecular formula is C18H20N4O2S2. The van der Waals surface area contributed by atoms with Gasteiger partial charge in [-0.3, -0.25) is 9.00 Å². The predicted octanol–water partition coefficient (Wildman–Crippen LogP) is 2.83. The lowest BCUT2D eigenvalue weighted by molar-refractivity contribution is 0.0745. The molecule has 1 aromatic carbocycles. The van der Waals surface area contributed by atoms with Crippen molar-refractivity contribution < 1.29 is 9.00 Å². The van der Waals surface area contributed by atoms with Gasteiger partial charge in [-0.25, -0.2) is 9.67 Å². The van der Waals surface area contributed by atoms with Crippen molar-refractivity contribution in [1.29, 1.82) is 0 Å². The second-order valence-corrected chi connectivity index (χ2v) is 8.42. The van der Waals surface area contributed by atoms with Crippen molar-refractivity contribution in [1.82, 2.24) is 19.7 Å². The van der Waals surface area contributed by atoms with Gasteiger partial charge in [0.15, 0.2) is 5.82 Å².